The average molecular weight is 283 g/mol. The Bertz CT molecular complexity index is 359. The van der Waals surface area contributed by atoms with Crippen LogP contribution in [0.1, 0.15) is 5.56 Å². The molecular formula is C14H21NO3S. The fraction of sp³-hybridized carbons (Fsp3) is 0.500. The quantitative estimate of drug-likeness (QED) is 0.696. The molecule has 1 amide bonds. The van der Waals surface area contributed by atoms with Gasteiger partial charge in [0.1, 0.15) is 0 Å². The zero-order valence-corrected chi connectivity index (χ0v) is 12.1. The van der Waals surface area contributed by atoms with Crippen LogP contribution in [0.5, 0.6) is 0 Å². The first-order valence-electron chi connectivity index (χ1n) is 6.27. The van der Waals surface area contributed by atoms with Gasteiger partial charge >= 0.3 is 0 Å². The molecule has 0 radical (unpaired) electrons. The number of amides is 1. The number of carbonyl (C=O) groups is 1. The number of rotatable bonds is 9. The molecular weight excluding hydrogens is 262 g/mol. The highest BCUT2D eigenvalue weighted by atomic mass is 32.2. The van der Waals surface area contributed by atoms with E-state index in [2.05, 4.69) is 0 Å². The molecule has 0 atom stereocenters. The van der Waals surface area contributed by atoms with Crippen LogP contribution in [0.15, 0.2) is 30.3 Å². The summed E-state index contributed by atoms with van der Waals surface area (Å²) in [5.41, 5.74) is 1.08. The van der Waals surface area contributed by atoms with Crippen molar-refractivity contribution in [1.82, 2.24) is 4.90 Å². The molecule has 106 valence electrons. The summed E-state index contributed by atoms with van der Waals surface area (Å²) in [6, 6.07) is 9.81. The molecule has 0 saturated heterocycles. The number of carbonyl (C=O) groups excluding carboxylic acids is 1. The number of methoxy groups -OCH3 is 1. The SMILES string of the molecule is COCCSCC(=O)N(CCO)Cc1ccccc1. The van der Waals surface area contributed by atoms with Gasteiger partial charge in [0.05, 0.1) is 19.0 Å². The van der Waals surface area contributed by atoms with E-state index in [1.807, 2.05) is 30.3 Å². The molecule has 0 aromatic heterocycles. The number of nitrogens with zero attached hydrogens (tertiary/aromatic N) is 1. The highest BCUT2D eigenvalue weighted by Gasteiger charge is 2.13. The van der Waals surface area contributed by atoms with Crippen molar-refractivity contribution in [2.24, 2.45) is 0 Å². The van der Waals surface area contributed by atoms with Gasteiger partial charge in [-0.15, -0.1) is 11.8 Å². The number of benzene rings is 1. The molecule has 5 heteroatoms. The Morgan fingerprint density at radius 3 is 2.74 bits per heavy atom. The van der Waals surface area contributed by atoms with Gasteiger partial charge in [-0.2, -0.15) is 0 Å². The number of hydrogen-bond donors (Lipinski definition) is 1. The minimum absolute atomic E-state index is 0.0126. The van der Waals surface area contributed by atoms with Crippen LogP contribution in [0.4, 0.5) is 0 Å². The van der Waals surface area contributed by atoms with Gasteiger partial charge < -0.3 is 14.7 Å². The van der Waals surface area contributed by atoms with Crippen molar-refractivity contribution in [3.63, 3.8) is 0 Å². The smallest absolute Gasteiger partial charge is 0.232 e. The molecule has 1 N–H and O–H groups in total. The fourth-order valence-electron chi connectivity index (χ4n) is 1.61. The Kier molecular flexibility index (Phi) is 8.29. The number of aliphatic hydroxyl groups excluding tert-OH is 1. The molecule has 0 aliphatic heterocycles. The summed E-state index contributed by atoms with van der Waals surface area (Å²) in [6.45, 7) is 1.56. The van der Waals surface area contributed by atoms with Crippen LogP contribution in [0.2, 0.25) is 0 Å². The lowest BCUT2D eigenvalue weighted by molar-refractivity contribution is -0.129. The van der Waals surface area contributed by atoms with Crippen LogP contribution in [0.25, 0.3) is 0 Å². The predicted octanol–water partition coefficient (Wildman–Crippen LogP) is 1.39. The molecule has 1 aromatic carbocycles. The van der Waals surface area contributed by atoms with E-state index in [1.165, 1.54) is 0 Å². The lowest BCUT2D eigenvalue weighted by Gasteiger charge is -2.21. The molecule has 0 spiro atoms. The summed E-state index contributed by atoms with van der Waals surface area (Å²) in [4.78, 5) is 13.7. The van der Waals surface area contributed by atoms with Crippen molar-refractivity contribution in [3.05, 3.63) is 35.9 Å². The minimum Gasteiger partial charge on any atom is -0.395 e. The molecule has 0 aliphatic rings. The van der Waals surface area contributed by atoms with Crippen molar-refractivity contribution < 1.29 is 14.6 Å². The molecule has 1 rings (SSSR count). The third-order valence-electron chi connectivity index (χ3n) is 2.60. The van der Waals surface area contributed by atoms with Crippen molar-refractivity contribution in [3.8, 4) is 0 Å². The first kappa shape index (κ1) is 16.0. The van der Waals surface area contributed by atoms with Crippen molar-refractivity contribution >= 4 is 17.7 Å². The zero-order chi connectivity index (χ0) is 13.9. The molecule has 0 aliphatic carbocycles. The Morgan fingerprint density at radius 2 is 2.11 bits per heavy atom. The van der Waals surface area contributed by atoms with Gasteiger partial charge in [-0.05, 0) is 5.56 Å². The van der Waals surface area contributed by atoms with E-state index in [0.717, 1.165) is 11.3 Å². The van der Waals surface area contributed by atoms with Crippen LogP contribution in [0.3, 0.4) is 0 Å². The Labute approximate surface area is 118 Å². The zero-order valence-electron chi connectivity index (χ0n) is 11.2. The first-order valence-corrected chi connectivity index (χ1v) is 7.42. The Balaban J connectivity index is 2.44. The van der Waals surface area contributed by atoms with E-state index >= 15 is 0 Å². The average Bonchev–Trinajstić information content (AvgIpc) is 2.44. The van der Waals surface area contributed by atoms with Crippen molar-refractivity contribution in [1.29, 1.82) is 0 Å². The van der Waals surface area contributed by atoms with Gasteiger partial charge in [-0.1, -0.05) is 30.3 Å². The second kappa shape index (κ2) is 9.83. The van der Waals surface area contributed by atoms with E-state index in [-0.39, 0.29) is 12.5 Å². The molecule has 1 aromatic rings. The van der Waals surface area contributed by atoms with E-state index in [1.54, 1.807) is 23.8 Å². The topological polar surface area (TPSA) is 49.8 Å². The molecule has 0 saturated carbocycles. The van der Waals surface area contributed by atoms with Gasteiger partial charge in [-0.25, -0.2) is 0 Å². The normalized spacial score (nSPS) is 10.4. The maximum Gasteiger partial charge on any atom is 0.232 e. The summed E-state index contributed by atoms with van der Waals surface area (Å²) >= 11 is 1.55. The predicted molar refractivity (Wildman–Crippen MR) is 78.1 cm³/mol. The summed E-state index contributed by atoms with van der Waals surface area (Å²) in [7, 11) is 1.65. The minimum atomic E-state index is -0.0126. The van der Waals surface area contributed by atoms with E-state index in [9.17, 15) is 4.79 Å². The molecule has 0 fully saturated rings. The first-order chi connectivity index (χ1) is 9.27. The largest absolute Gasteiger partial charge is 0.395 e. The van der Waals surface area contributed by atoms with Crippen LogP contribution in [-0.2, 0) is 16.1 Å². The highest BCUT2D eigenvalue weighted by molar-refractivity contribution is 7.99. The van der Waals surface area contributed by atoms with Crippen LogP contribution in [0, 0.1) is 0 Å². The van der Waals surface area contributed by atoms with Gasteiger partial charge in [0, 0.05) is 26.0 Å². The molecule has 19 heavy (non-hydrogen) atoms. The number of aliphatic hydroxyl groups is 1. The summed E-state index contributed by atoms with van der Waals surface area (Å²) in [6.07, 6.45) is 0. The summed E-state index contributed by atoms with van der Waals surface area (Å²) in [5, 5.41) is 9.05. The lowest BCUT2D eigenvalue weighted by atomic mass is 10.2. The number of hydrogen-bond acceptors (Lipinski definition) is 4. The van der Waals surface area contributed by atoms with Gasteiger partial charge in [0.25, 0.3) is 0 Å². The Morgan fingerprint density at radius 1 is 1.37 bits per heavy atom. The number of thioether (sulfide) groups is 1. The molecule has 4 nitrogen and oxygen atoms in total. The number of ether oxygens (including phenoxy) is 1. The molecule has 0 unspecified atom stereocenters. The second-order valence-electron chi connectivity index (χ2n) is 4.07. The third-order valence-corrected chi connectivity index (χ3v) is 3.50. The second-order valence-corrected chi connectivity index (χ2v) is 5.18. The van der Waals surface area contributed by atoms with Gasteiger partial charge in [-0.3, -0.25) is 4.79 Å². The van der Waals surface area contributed by atoms with E-state index in [4.69, 9.17) is 9.84 Å². The highest BCUT2D eigenvalue weighted by Crippen LogP contribution is 2.08. The fourth-order valence-corrected chi connectivity index (χ4v) is 2.40. The van der Waals surface area contributed by atoms with Crippen LogP contribution >= 0.6 is 11.8 Å². The summed E-state index contributed by atoms with van der Waals surface area (Å²) < 4.78 is 4.94. The Hall–Kier alpha value is -1.04. The third kappa shape index (κ3) is 6.61. The van der Waals surface area contributed by atoms with Crippen molar-refractivity contribution in [2.45, 2.75) is 6.54 Å². The van der Waals surface area contributed by atoms with Crippen molar-refractivity contribution in [2.75, 3.05) is 38.4 Å². The van der Waals surface area contributed by atoms with Crippen LogP contribution in [-0.4, -0.2) is 54.3 Å². The van der Waals surface area contributed by atoms with E-state index < -0.39 is 0 Å². The summed E-state index contributed by atoms with van der Waals surface area (Å²) in [5.74, 6) is 1.29. The monoisotopic (exact) mass is 283 g/mol. The standard InChI is InChI=1S/C14H21NO3S/c1-18-9-10-19-12-14(17)15(7-8-16)11-13-5-3-2-4-6-13/h2-6,16H,7-12H2,1H3. The maximum absolute atomic E-state index is 12.1. The van der Waals surface area contributed by atoms with Crippen LogP contribution < -0.4 is 0 Å². The maximum atomic E-state index is 12.1. The molecule has 0 heterocycles. The van der Waals surface area contributed by atoms with Gasteiger partial charge in [0.15, 0.2) is 0 Å². The molecule has 0 bridgehead atoms. The van der Waals surface area contributed by atoms with E-state index in [0.29, 0.717) is 25.4 Å². The van der Waals surface area contributed by atoms with Gasteiger partial charge in [0.2, 0.25) is 5.91 Å². The lowest BCUT2D eigenvalue weighted by Crippen LogP contribution is -2.34.